The molecule has 0 aliphatic carbocycles. The van der Waals surface area contributed by atoms with Gasteiger partial charge in [-0.3, -0.25) is 4.79 Å². The summed E-state index contributed by atoms with van der Waals surface area (Å²) in [6, 6.07) is 12.3. The fraction of sp³-hybridized carbons (Fsp3) is 0.364. The molecule has 1 amide bonds. The first-order chi connectivity index (χ1) is 14.0. The molecule has 0 fully saturated rings. The van der Waals surface area contributed by atoms with Crippen LogP contribution in [0.4, 0.5) is 4.39 Å². The molecule has 0 radical (unpaired) electrons. The molecule has 0 spiro atoms. The number of nitrogens with one attached hydrogen (secondary N) is 1. The average molecular weight is 418 g/mol. The van der Waals surface area contributed by atoms with Gasteiger partial charge in [0.15, 0.2) is 0 Å². The third-order valence-electron chi connectivity index (χ3n) is 4.81. The zero-order valence-electron chi connectivity index (χ0n) is 16.4. The lowest BCUT2D eigenvalue weighted by Crippen LogP contribution is -2.26. The number of hydrogen-bond donors (Lipinski definition) is 2. The van der Waals surface area contributed by atoms with Gasteiger partial charge in [0.2, 0.25) is 5.91 Å². The Balaban J connectivity index is 1.73. The monoisotopic (exact) mass is 417 g/mol. The van der Waals surface area contributed by atoms with E-state index in [4.69, 9.17) is 11.6 Å². The lowest BCUT2D eigenvalue weighted by atomic mass is 10.1. The molecule has 3 aromatic rings. The number of aromatic nitrogens is 2. The Morgan fingerprint density at radius 1 is 1.28 bits per heavy atom. The first-order valence-electron chi connectivity index (χ1n) is 9.77. The van der Waals surface area contributed by atoms with Crippen LogP contribution in [0.2, 0.25) is 5.02 Å². The highest BCUT2D eigenvalue weighted by atomic mass is 35.5. The molecule has 154 valence electrons. The van der Waals surface area contributed by atoms with Crippen LogP contribution in [0.3, 0.4) is 0 Å². The molecule has 7 heteroatoms. The van der Waals surface area contributed by atoms with E-state index in [1.807, 2.05) is 28.8 Å². The van der Waals surface area contributed by atoms with Crippen molar-refractivity contribution in [1.29, 1.82) is 0 Å². The zero-order chi connectivity index (χ0) is 20.8. The maximum Gasteiger partial charge on any atom is 0.220 e. The minimum atomic E-state index is -0.395. The van der Waals surface area contributed by atoms with E-state index in [2.05, 4.69) is 10.3 Å². The van der Waals surface area contributed by atoms with Gasteiger partial charge in [0.25, 0.3) is 0 Å². The van der Waals surface area contributed by atoms with Crippen molar-refractivity contribution in [3.05, 3.63) is 64.7 Å². The predicted octanol–water partition coefficient (Wildman–Crippen LogP) is 4.09. The number of amides is 1. The molecule has 0 unspecified atom stereocenters. The van der Waals surface area contributed by atoms with Crippen LogP contribution in [0.1, 0.15) is 37.6 Å². The zero-order valence-corrected chi connectivity index (χ0v) is 17.1. The van der Waals surface area contributed by atoms with Crippen molar-refractivity contribution in [3.63, 3.8) is 0 Å². The van der Waals surface area contributed by atoms with Crippen LogP contribution in [-0.2, 0) is 17.8 Å². The quantitative estimate of drug-likeness (QED) is 0.551. The molecule has 5 nitrogen and oxygen atoms in total. The second-order valence-corrected chi connectivity index (χ2v) is 7.55. The van der Waals surface area contributed by atoms with Crippen molar-refractivity contribution in [1.82, 2.24) is 14.9 Å². The minimum Gasteiger partial charge on any atom is -0.393 e. The van der Waals surface area contributed by atoms with Gasteiger partial charge < -0.3 is 15.0 Å². The molecule has 0 aliphatic heterocycles. The van der Waals surface area contributed by atoms with Crippen LogP contribution in [0, 0.1) is 5.82 Å². The van der Waals surface area contributed by atoms with Gasteiger partial charge in [0.1, 0.15) is 11.6 Å². The lowest BCUT2D eigenvalue weighted by Gasteiger charge is -2.12. The number of para-hydroxylation sites is 2. The summed E-state index contributed by atoms with van der Waals surface area (Å²) in [6.45, 7) is 2.41. The Bertz CT molecular complexity index is 967. The van der Waals surface area contributed by atoms with Gasteiger partial charge in [-0.1, -0.05) is 29.8 Å². The van der Waals surface area contributed by atoms with Crippen LogP contribution in [0.25, 0.3) is 11.0 Å². The molecule has 2 N–H and O–H groups in total. The third kappa shape index (κ3) is 5.55. The molecular formula is C22H25ClFN3O2. The van der Waals surface area contributed by atoms with E-state index in [1.54, 1.807) is 19.1 Å². The molecule has 29 heavy (non-hydrogen) atoms. The largest absolute Gasteiger partial charge is 0.393 e. The van der Waals surface area contributed by atoms with Crippen LogP contribution in [0.5, 0.6) is 0 Å². The van der Waals surface area contributed by atoms with Gasteiger partial charge in [-0.2, -0.15) is 0 Å². The molecule has 2 aromatic carbocycles. The Hall–Kier alpha value is -2.44. The normalized spacial score (nSPS) is 12.3. The Kier molecular flexibility index (Phi) is 7.23. The molecule has 0 aliphatic rings. The highest BCUT2D eigenvalue weighted by Gasteiger charge is 2.15. The number of imidazole rings is 1. The summed E-state index contributed by atoms with van der Waals surface area (Å²) >= 11 is 6.22. The highest BCUT2D eigenvalue weighted by molar-refractivity contribution is 6.31. The fourth-order valence-electron chi connectivity index (χ4n) is 3.29. The second-order valence-electron chi connectivity index (χ2n) is 7.14. The number of carbonyl (C=O) groups excluding carboxylic acids is 1. The van der Waals surface area contributed by atoms with Gasteiger partial charge in [-0.25, -0.2) is 9.37 Å². The maximum absolute atomic E-state index is 14.3. The van der Waals surface area contributed by atoms with E-state index in [0.717, 1.165) is 16.9 Å². The Labute approximate surface area is 174 Å². The van der Waals surface area contributed by atoms with Crippen LogP contribution in [-0.4, -0.2) is 33.2 Å². The van der Waals surface area contributed by atoms with Gasteiger partial charge in [-0.15, -0.1) is 0 Å². The number of nitrogens with zero attached hydrogens (tertiary/aromatic N) is 2. The van der Waals surface area contributed by atoms with E-state index in [-0.39, 0.29) is 18.3 Å². The Morgan fingerprint density at radius 3 is 2.83 bits per heavy atom. The number of hydrogen-bond acceptors (Lipinski definition) is 3. The van der Waals surface area contributed by atoms with Gasteiger partial charge in [0, 0.05) is 30.0 Å². The van der Waals surface area contributed by atoms with Crippen molar-refractivity contribution >= 4 is 28.5 Å². The standard InChI is InChI=1S/C22H25ClFN3O2/c1-15(28)6-4-11-22(29)25-13-12-21-26-19-9-2-3-10-20(19)27(21)14-16-17(23)7-5-8-18(16)24/h2-3,5,7-10,15,28H,4,6,11-14H2,1H3,(H,25,29)/t15-/m0/s1. The number of fused-ring (bicyclic) bond motifs is 1. The number of carbonyl (C=O) groups is 1. The molecule has 1 aromatic heterocycles. The fourth-order valence-corrected chi connectivity index (χ4v) is 3.52. The summed E-state index contributed by atoms with van der Waals surface area (Å²) in [5.74, 6) is 0.355. The first-order valence-corrected chi connectivity index (χ1v) is 10.2. The van der Waals surface area contributed by atoms with E-state index >= 15 is 0 Å². The van der Waals surface area contributed by atoms with Gasteiger partial charge in [-0.05, 0) is 44.0 Å². The van der Waals surface area contributed by atoms with Crippen molar-refractivity contribution in [2.45, 2.75) is 45.3 Å². The second kappa shape index (κ2) is 9.85. The molecule has 1 heterocycles. The summed E-state index contributed by atoms with van der Waals surface area (Å²) < 4.78 is 16.3. The number of rotatable bonds is 9. The van der Waals surface area contributed by atoms with E-state index in [1.165, 1.54) is 6.07 Å². The molecular weight excluding hydrogens is 393 g/mol. The van der Waals surface area contributed by atoms with E-state index in [9.17, 15) is 14.3 Å². The SMILES string of the molecule is C[C@H](O)CCCC(=O)NCCc1nc2ccccc2n1Cc1c(F)cccc1Cl. The van der Waals surface area contributed by atoms with Gasteiger partial charge >= 0.3 is 0 Å². The summed E-state index contributed by atoms with van der Waals surface area (Å²) in [5, 5.41) is 12.5. The summed E-state index contributed by atoms with van der Waals surface area (Å²) in [5.41, 5.74) is 2.13. The van der Waals surface area contributed by atoms with Crippen molar-refractivity contribution in [2.75, 3.05) is 6.54 Å². The van der Waals surface area contributed by atoms with Crippen molar-refractivity contribution in [2.24, 2.45) is 0 Å². The van der Waals surface area contributed by atoms with E-state index < -0.39 is 6.10 Å². The van der Waals surface area contributed by atoms with Gasteiger partial charge in [0.05, 0.1) is 23.7 Å². The van der Waals surface area contributed by atoms with Crippen molar-refractivity contribution < 1.29 is 14.3 Å². The smallest absolute Gasteiger partial charge is 0.220 e. The van der Waals surface area contributed by atoms with Crippen LogP contribution in [0.15, 0.2) is 42.5 Å². The molecule has 1 atom stereocenters. The predicted molar refractivity (Wildman–Crippen MR) is 112 cm³/mol. The Morgan fingerprint density at radius 2 is 2.07 bits per heavy atom. The number of benzene rings is 2. The molecule has 0 bridgehead atoms. The summed E-state index contributed by atoms with van der Waals surface area (Å²) in [4.78, 5) is 16.6. The topological polar surface area (TPSA) is 67.2 Å². The summed E-state index contributed by atoms with van der Waals surface area (Å²) in [6.07, 6.45) is 1.75. The average Bonchev–Trinajstić information content (AvgIpc) is 3.02. The number of aliphatic hydroxyl groups excluding tert-OH is 1. The molecule has 0 saturated carbocycles. The highest BCUT2D eigenvalue weighted by Crippen LogP contribution is 2.24. The van der Waals surface area contributed by atoms with Crippen molar-refractivity contribution in [3.8, 4) is 0 Å². The van der Waals surface area contributed by atoms with Crippen LogP contribution < -0.4 is 5.32 Å². The van der Waals surface area contributed by atoms with E-state index in [0.29, 0.717) is 42.8 Å². The third-order valence-corrected chi connectivity index (χ3v) is 5.16. The summed E-state index contributed by atoms with van der Waals surface area (Å²) in [7, 11) is 0. The maximum atomic E-state index is 14.3. The first kappa shape index (κ1) is 21.3. The number of halogens is 2. The molecule has 3 rings (SSSR count). The number of aliphatic hydroxyl groups is 1. The lowest BCUT2D eigenvalue weighted by molar-refractivity contribution is -0.121. The minimum absolute atomic E-state index is 0.0505. The molecule has 0 saturated heterocycles. The van der Waals surface area contributed by atoms with Crippen LogP contribution >= 0.6 is 11.6 Å².